The van der Waals surface area contributed by atoms with Crippen molar-refractivity contribution in [1.29, 1.82) is 0 Å². The van der Waals surface area contributed by atoms with Gasteiger partial charge in [-0.1, -0.05) is 17.3 Å². The number of para-hydroxylation sites is 1. The van der Waals surface area contributed by atoms with E-state index in [2.05, 4.69) is 15.2 Å². The number of hydrogen-bond acceptors (Lipinski definition) is 5. The molecule has 2 rings (SSSR count). The van der Waals surface area contributed by atoms with Crippen molar-refractivity contribution in [1.82, 2.24) is 9.88 Å². The normalized spacial score (nSPS) is 11.5. The van der Waals surface area contributed by atoms with E-state index in [0.717, 1.165) is 0 Å². The van der Waals surface area contributed by atoms with Crippen LogP contribution in [0.25, 0.3) is 0 Å². The molecule has 7 heteroatoms. The highest BCUT2D eigenvalue weighted by molar-refractivity contribution is 7.89. The van der Waals surface area contributed by atoms with Crippen molar-refractivity contribution in [2.75, 3.05) is 12.4 Å². The lowest BCUT2D eigenvalue weighted by Crippen LogP contribution is -2.23. The molecule has 0 aliphatic rings. The first kappa shape index (κ1) is 13.6. The third-order valence-electron chi connectivity index (χ3n) is 2.56. The minimum absolute atomic E-state index is 0.0707. The predicted molar refractivity (Wildman–Crippen MR) is 71.3 cm³/mol. The Bertz CT molecular complexity index is 664. The second-order valence-electron chi connectivity index (χ2n) is 4.01. The standard InChI is InChI=1S/C12H15N3O3S/c1-9-7-10(18-15-9)8-14-19(16,17)12-6-4-3-5-11(12)13-2/h3-7,13-14H,8H2,1-2H3. The van der Waals surface area contributed by atoms with Gasteiger partial charge in [-0.2, -0.15) is 0 Å². The minimum Gasteiger partial charge on any atom is -0.387 e. The van der Waals surface area contributed by atoms with Gasteiger partial charge < -0.3 is 9.84 Å². The lowest BCUT2D eigenvalue weighted by atomic mass is 10.3. The summed E-state index contributed by atoms with van der Waals surface area (Å²) >= 11 is 0. The van der Waals surface area contributed by atoms with Gasteiger partial charge >= 0.3 is 0 Å². The zero-order chi connectivity index (χ0) is 13.9. The summed E-state index contributed by atoms with van der Waals surface area (Å²) in [5.41, 5.74) is 1.26. The third-order valence-corrected chi connectivity index (χ3v) is 4.02. The molecule has 1 aromatic carbocycles. The summed E-state index contributed by atoms with van der Waals surface area (Å²) in [4.78, 5) is 0.203. The zero-order valence-corrected chi connectivity index (χ0v) is 11.5. The van der Waals surface area contributed by atoms with Crippen LogP contribution in [0.4, 0.5) is 5.69 Å². The quantitative estimate of drug-likeness (QED) is 0.867. The van der Waals surface area contributed by atoms with Crippen LogP contribution in [0.2, 0.25) is 0 Å². The highest BCUT2D eigenvalue weighted by Gasteiger charge is 2.18. The average Bonchev–Trinajstić information content (AvgIpc) is 2.82. The molecule has 6 nitrogen and oxygen atoms in total. The van der Waals surface area contributed by atoms with Gasteiger partial charge in [-0.05, 0) is 19.1 Å². The predicted octanol–water partition coefficient (Wildman–Crippen LogP) is 1.50. The van der Waals surface area contributed by atoms with Crippen LogP contribution in [0.15, 0.2) is 39.8 Å². The number of aromatic nitrogens is 1. The topological polar surface area (TPSA) is 84.2 Å². The van der Waals surface area contributed by atoms with Crippen molar-refractivity contribution in [2.24, 2.45) is 0 Å². The zero-order valence-electron chi connectivity index (χ0n) is 10.7. The number of benzene rings is 1. The van der Waals surface area contributed by atoms with E-state index in [4.69, 9.17) is 4.52 Å². The molecule has 0 aliphatic carbocycles. The number of nitrogens with one attached hydrogen (secondary N) is 2. The molecule has 1 heterocycles. The fourth-order valence-corrected chi connectivity index (χ4v) is 2.86. The van der Waals surface area contributed by atoms with E-state index < -0.39 is 10.0 Å². The molecule has 0 bridgehead atoms. The molecular formula is C12H15N3O3S. The lowest BCUT2D eigenvalue weighted by Gasteiger charge is -2.09. The van der Waals surface area contributed by atoms with Crippen molar-refractivity contribution in [3.63, 3.8) is 0 Å². The molecular weight excluding hydrogens is 266 g/mol. The molecule has 2 aromatic rings. The maximum absolute atomic E-state index is 12.2. The maximum Gasteiger partial charge on any atom is 0.243 e. The third kappa shape index (κ3) is 3.12. The number of aryl methyl sites for hydroxylation is 1. The fourth-order valence-electron chi connectivity index (χ4n) is 1.65. The van der Waals surface area contributed by atoms with Gasteiger partial charge in [0.1, 0.15) is 4.90 Å². The highest BCUT2D eigenvalue weighted by Crippen LogP contribution is 2.20. The van der Waals surface area contributed by atoms with E-state index >= 15 is 0 Å². The van der Waals surface area contributed by atoms with Gasteiger partial charge in [-0.25, -0.2) is 13.1 Å². The molecule has 0 spiro atoms. The average molecular weight is 281 g/mol. The van der Waals surface area contributed by atoms with E-state index in [9.17, 15) is 8.42 Å². The van der Waals surface area contributed by atoms with Crippen LogP contribution in [0.5, 0.6) is 0 Å². The van der Waals surface area contributed by atoms with E-state index in [1.165, 1.54) is 0 Å². The SMILES string of the molecule is CNc1ccccc1S(=O)(=O)NCc1cc(C)no1. The summed E-state index contributed by atoms with van der Waals surface area (Å²) in [6.45, 7) is 1.85. The number of nitrogens with zero attached hydrogens (tertiary/aromatic N) is 1. The van der Waals surface area contributed by atoms with Crippen LogP contribution < -0.4 is 10.0 Å². The lowest BCUT2D eigenvalue weighted by molar-refractivity contribution is 0.377. The van der Waals surface area contributed by atoms with Gasteiger partial charge in [0.05, 0.1) is 17.9 Å². The van der Waals surface area contributed by atoms with Crippen LogP contribution in [0.3, 0.4) is 0 Å². The second-order valence-corrected chi connectivity index (χ2v) is 5.74. The van der Waals surface area contributed by atoms with Gasteiger partial charge in [0.2, 0.25) is 10.0 Å². The van der Waals surface area contributed by atoms with Crippen molar-refractivity contribution >= 4 is 15.7 Å². The number of anilines is 1. The Hall–Kier alpha value is -1.86. The van der Waals surface area contributed by atoms with E-state index in [0.29, 0.717) is 17.1 Å². The molecule has 0 atom stereocenters. The summed E-state index contributed by atoms with van der Waals surface area (Å²) in [7, 11) is -1.92. The fraction of sp³-hybridized carbons (Fsp3) is 0.250. The molecule has 0 saturated carbocycles. The minimum atomic E-state index is -3.59. The van der Waals surface area contributed by atoms with Crippen LogP contribution in [0.1, 0.15) is 11.5 Å². The van der Waals surface area contributed by atoms with Gasteiger partial charge in [0, 0.05) is 13.1 Å². The summed E-state index contributed by atoms with van der Waals surface area (Å²) in [5, 5.41) is 6.55. The molecule has 0 aliphatic heterocycles. The van der Waals surface area contributed by atoms with Crippen molar-refractivity contribution in [2.45, 2.75) is 18.4 Å². The molecule has 0 radical (unpaired) electrons. The largest absolute Gasteiger partial charge is 0.387 e. The molecule has 0 amide bonds. The Morgan fingerprint density at radius 3 is 2.68 bits per heavy atom. The van der Waals surface area contributed by atoms with Gasteiger partial charge in [0.25, 0.3) is 0 Å². The summed E-state index contributed by atoms with van der Waals surface area (Å²) in [6.07, 6.45) is 0. The van der Waals surface area contributed by atoms with Crippen LogP contribution in [-0.2, 0) is 16.6 Å². The van der Waals surface area contributed by atoms with Gasteiger partial charge in [0.15, 0.2) is 5.76 Å². The molecule has 0 fully saturated rings. The summed E-state index contributed by atoms with van der Waals surface area (Å²) < 4.78 is 31.8. The Balaban J connectivity index is 2.18. The second kappa shape index (κ2) is 5.41. The first-order chi connectivity index (χ1) is 9.03. The molecule has 0 saturated heterocycles. The highest BCUT2D eigenvalue weighted by atomic mass is 32.2. The van der Waals surface area contributed by atoms with Crippen molar-refractivity contribution in [3.8, 4) is 0 Å². The Morgan fingerprint density at radius 2 is 2.05 bits per heavy atom. The monoisotopic (exact) mass is 281 g/mol. The van der Waals surface area contributed by atoms with Crippen LogP contribution in [-0.4, -0.2) is 20.6 Å². The Labute approximate surface area is 111 Å². The Morgan fingerprint density at radius 1 is 1.32 bits per heavy atom. The first-order valence-electron chi connectivity index (χ1n) is 5.71. The molecule has 19 heavy (non-hydrogen) atoms. The number of sulfonamides is 1. The van der Waals surface area contributed by atoms with Crippen molar-refractivity contribution < 1.29 is 12.9 Å². The molecule has 2 N–H and O–H groups in total. The van der Waals surface area contributed by atoms with Gasteiger partial charge in [-0.3, -0.25) is 0 Å². The Kier molecular flexibility index (Phi) is 3.87. The van der Waals surface area contributed by atoms with Crippen LogP contribution in [0, 0.1) is 6.92 Å². The van der Waals surface area contributed by atoms with Crippen molar-refractivity contribution in [3.05, 3.63) is 41.8 Å². The van der Waals surface area contributed by atoms with Crippen LogP contribution >= 0.6 is 0 Å². The maximum atomic E-state index is 12.2. The summed E-state index contributed by atoms with van der Waals surface area (Å²) in [5.74, 6) is 0.475. The smallest absolute Gasteiger partial charge is 0.243 e. The molecule has 1 aromatic heterocycles. The number of hydrogen-bond donors (Lipinski definition) is 2. The van der Waals surface area contributed by atoms with Gasteiger partial charge in [-0.15, -0.1) is 0 Å². The number of rotatable bonds is 5. The molecule has 0 unspecified atom stereocenters. The van der Waals surface area contributed by atoms with E-state index in [1.807, 2.05) is 0 Å². The van der Waals surface area contributed by atoms with E-state index in [-0.39, 0.29) is 11.4 Å². The first-order valence-corrected chi connectivity index (χ1v) is 7.20. The molecule has 102 valence electrons. The summed E-state index contributed by atoms with van der Waals surface area (Å²) in [6, 6.07) is 8.37. The van der Waals surface area contributed by atoms with E-state index in [1.54, 1.807) is 44.3 Å².